The molecule has 1 N–H and O–H groups in total. The van der Waals surface area contributed by atoms with Crippen molar-refractivity contribution in [3.8, 4) is 0 Å². The third kappa shape index (κ3) is 2.14. The SMILES string of the molecule is O=C1CCC(CN2CC3CC2(C(F)(F)F)C3)CCN1. The Morgan fingerprint density at radius 2 is 2.05 bits per heavy atom. The van der Waals surface area contributed by atoms with Crippen LogP contribution in [0.2, 0.25) is 0 Å². The molecule has 3 heterocycles. The fraction of sp³-hybridized carbons (Fsp3) is 0.923. The predicted octanol–water partition coefficient (Wildman–Crippen LogP) is 1.93. The third-order valence-corrected chi connectivity index (χ3v) is 5.00. The first-order chi connectivity index (χ1) is 8.91. The van der Waals surface area contributed by atoms with Crippen molar-refractivity contribution in [3.63, 3.8) is 0 Å². The van der Waals surface area contributed by atoms with Crippen LogP contribution in [0, 0.1) is 11.8 Å². The zero-order valence-corrected chi connectivity index (χ0v) is 10.8. The highest BCUT2D eigenvalue weighted by atomic mass is 19.4. The van der Waals surface area contributed by atoms with Gasteiger partial charge in [-0.25, -0.2) is 0 Å². The minimum Gasteiger partial charge on any atom is -0.356 e. The second-order valence-corrected chi connectivity index (χ2v) is 6.25. The van der Waals surface area contributed by atoms with Crippen LogP contribution in [0.1, 0.15) is 32.1 Å². The van der Waals surface area contributed by atoms with Gasteiger partial charge >= 0.3 is 6.18 Å². The van der Waals surface area contributed by atoms with Gasteiger partial charge < -0.3 is 5.32 Å². The Morgan fingerprint density at radius 1 is 1.32 bits per heavy atom. The molecule has 108 valence electrons. The quantitative estimate of drug-likeness (QED) is 0.836. The van der Waals surface area contributed by atoms with Gasteiger partial charge in [-0.1, -0.05) is 0 Å². The zero-order valence-electron chi connectivity index (χ0n) is 10.8. The van der Waals surface area contributed by atoms with Crippen molar-refractivity contribution in [2.45, 2.75) is 43.8 Å². The molecule has 6 heteroatoms. The number of alkyl halides is 3. The summed E-state index contributed by atoms with van der Waals surface area (Å²) >= 11 is 0. The molecule has 3 aliphatic heterocycles. The average Bonchev–Trinajstić information content (AvgIpc) is 2.71. The second kappa shape index (κ2) is 4.36. The van der Waals surface area contributed by atoms with Crippen LogP contribution in [-0.2, 0) is 4.79 Å². The Hall–Kier alpha value is -0.780. The molecule has 0 spiro atoms. The number of carbonyl (C=O) groups excluding carboxylic acids is 1. The van der Waals surface area contributed by atoms with Crippen molar-refractivity contribution in [2.75, 3.05) is 19.6 Å². The van der Waals surface area contributed by atoms with E-state index >= 15 is 0 Å². The molecule has 0 aromatic carbocycles. The lowest BCUT2D eigenvalue weighted by Gasteiger charge is -2.44. The fourth-order valence-corrected chi connectivity index (χ4v) is 3.91. The first-order valence-corrected chi connectivity index (χ1v) is 6.99. The monoisotopic (exact) mass is 276 g/mol. The lowest BCUT2D eigenvalue weighted by molar-refractivity contribution is -0.238. The Bertz CT molecular complexity index is 377. The highest BCUT2D eigenvalue weighted by molar-refractivity contribution is 5.76. The lowest BCUT2D eigenvalue weighted by atomic mass is 9.72. The maximum absolute atomic E-state index is 13.2. The molecule has 1 amide bonds. The molecule has 1 saturated carbocycles. The topological polar surface area (TPSA) is 32.3 Å². The first-order valence-electron chi connectivity index (χ1n) is 6.99. The van der Waals surface area contributed by atoms with Crippen LogP contribution >= 0.6 is 0 Å². The fourth-order valence-electron chi connectivity index (χ4n) is 3.91. The number of fused-ring (bicyclic) bond motifs is 1. The van der Waals surface area contributed by atoms with Gasteiger partial charge in [0.25, 0.3) is 0 Å². The van der Waals surface area contributed by atoms with Crippen molar-refractivity contribution >= 4 is 5.91 Å². The molecule has 0 radical (unpaired) electrons. The van der Waals surface area contributed by atoms with Gasteiger partial charge in [0.15, 0.2) is 0 Å². The number of amides is 1. The van der Waals surface area contributed by atoms with Gasteiger partial charge in [0.1, 0.15) is 5.54 Å². The van der Waals surface area contributed by atoms with Gasteiger partial charge in [0.2, 0.25) is 5.91 Å². The summed E-state index contributed by atoms with van der Waals surface area (Å²) in [5, 5.41) is 2.78. The van der Waals surface area contributed by atoms with Gasteiger partial charge in [-0.2, -0.15) is 13.2 Å². The summed E-state index contributed by atoms with van der Waals surface area (Å²) in [7, 11) is 0. The van der Waals surface area contributed by atoms with Crippen molar-refractivity contribution in [1.29, 1.82) is 0 Å². The van der Waals surface area contributed by atoms with Crippen LogP contribution in [0.3, 0.4) is 0 Å². The molecule has 4 rings (SSSR count). The van der Waals surface area contributed by atoms with Crippen molar-refractivity contribution in [2.24, 2.45) is 11.8 Å². The largest absolute Gasteiger partial charge is 0.406 e. The highest BCUT2D eigenvalue weighted by Gasteiger charge is 2.69. The van der Waals surface area contributed by atoms with E-state index in [9.17, 15) is 18.0 Å². The molecule has 3 nitrogen and oxygen atoms in total. The number of hydrogen-bond acceptors (Lipinski definition) is 2. The number of nitrogens with one attached hydrogen (secondary N) is 1. The van der Waals surface area contributed by atoms with E-state index in [0.29, 0.717) is 32.5 Å². The van der Waals surface area contributed by atoms with Crippen LogP contribution in [0.4, 0.5) is 13.2 Å². The first kappa shape index (κ1) is 13.2. The number of nitrogens with zero attached hydrogens (tertiary/aromatic N) is 1. The molecule has 0 aromatic rings. The standard InChI is InChI=1S/C13H19F3N2O/c14-13(15,16)12-5-10(6-12)8-18(12)7-9-1-2-11(19)17-4-3-9/h9-10H,1-8H2,(H,17,19). The van der Waals surface area contributed by atoms with Crippen LogP contribution in [0.15, 0.2) is 0 Å². The summed E-state index contributed by atoms with van der Waals surface area (Å²) < 4.78 is 39.7. The van der Waals surface area contributed by atoms with Crippen molar-refractivity contribution in [1.82, 2.24) is 10.2 Å². The number of hydrogen-bond donors (Lipinski definition) is 1. The van der Waals surface area contributed by atoms with E-state index in [2.05, 4.69) is 5.32 Å². The van der Waals surface area contributed by atoms with Gasteiger partial charge in [0, 0.05) is 26.1 Å². The minimum atomic E-state index is -4.11. The molecule has 4 aliphatic rings. The van der Waals surface area contributed by atoms with E-state index in [-0.39, 0.29) is 30.6 Å². The molecule has 0 aromatic heterocycles. The van der Waals surface area contributed by atoms with Crippen LogP contribution in [-0.4, -0.2) is 42.2 Å². The second-order valence-electron chi connectivity index (χ2n) is 6.25. The van der Waals surface area contributed by atoms with E-state index in [1.165, 1.54) is 0 Å². The summed E-state index contributed by atoms with van der Waals surface area (Å²) in [6.07, 6.45) is -1.61. The van der Waals surface area contributed by atoms with Crippen molar-refractivity contribution in [3.05, 3.63) is 0 Å². The van der Waals surface area contributed by atoms with Crippen molar-refractivity contribution < 1.29 is 18.0 Å². The summed E-state index contributed by atoms with van der Waals surface area (Å²) in [6.45, 7) is 1.67. The Labute approximate surface area is 110 Å². The van der Waals surface area contributed by atoms with E-state index in [4.69, 9.17) is 0 Å². The maximum Gasteiger partial charge on any atom is 0.406 e. The molecule has 3 saturated heterocycles. The van der Waals surface area contributed by atoms with Gasteiger partial charge in [-0.15, -0.1) is 0 Å². The average molecular weight is 276 g/mol. The van der Waals surface area contributed by atoms with Gasteiger partial charge in [0.05, 0.1) is 0 Å². The Balaban J connectivity index is 1.65. The third-order valence-electron chi connectivity index (χ3n) is 5.00. The molecule has 1 aliphatic carbocycles. The van der Waals surface area contributed by atoms with Gasteiger partial charge in [-0.05, 0) is 37.5 Å². The Morgan fingerprint density at radius 3 is 2.74 bits per heavy atom. The molecular weight excluding hydrogens is 257 g/mol. The van der Waals surface area contributed by atoms with Crippen LogP contribution < -0.4 is 5.32 Å². The summed E-state index contributed by atoms with van der Waals surface area (Å²) in [5.41, 5.74) is -1.54. The van der Waals surface area contributed by atoms with Crippen LogP contribution in [0.25, 0.3) is 0 Å². The Kier molecular flexibility index (Phi) is 3.04. The summed E-state index contributed by atoms with van der Waals surface area (Å²) in [4.78, 5) is 12.9. The highest BCUT2D eigenvalue weighted by Crippen LogP contribution is 2.58. The molecular formula is C13H19F3N2O. The number of rotatable bonds is 2. The summed E-state index contributed by atoms with van der Waals surface area (Å²) in [6, 6.07) is 0. The summed E-state index contributed by atoms with van der Waals surface area (Å²) in [5.74, 6) is 0.462. The molecule has 2 bridgehead atoms. The minimum absolute atomic E-state index is 0.0266. The smallest absolute Gasteiger partial charge is 0.356 e. The number of carbonyl (C=O) groups is 1. The normalized spacial score (nSPS) is 39.6. The van der Waals surface area contributed by atoms with E-state index in [1.807, 2.05) is 0 Å². The predicted molar refractivity (Wildman–Crippen MR) is 63.4 cm³/mol. The van der Waals surface area contributed by atoms with E-state index in [1.54, 1.807) is 4.90 Å². The lowest BCUT2D eigenvalue weighted by Crippen LogP contribution is -2.58. The molecule has 1 atom stereocenters. The number of halogens is 3. The zero-order chi connectivity index (χ0) is 13.7. The van der Waals surface area contributed by atoms with Gasteiger partial charge in [-0.3, -0.25) is 9.69 Å². The molecule has 19 heavy (non-hydrogen) atoms. The molecule has 4 fully saturated rings. The van der Waals surface area contributed by atoms with E-state index < -0.39 is 11.7 Å². The molecule has 1 unspecified atom stereocenters. The van der Waals surface area contributed by atoms with Crippen LogP contribution in [0.5, 0.6) is 0 Å². The van der Waals surface area contributed by atoms with E-state index in [0.717, 1.165) is 6.42 Å². The maximum atomic E-state index is 13.2.